The maximum atomic E-state index is 12.6. The van der Waals surface area contributed by atoms with Gasteiger partial charge in [0, 0.05) is 37.7 Å². The van der Waals surface area contributed by atoms with Crippen LogP contribution in [0.4, 0.5) is 5.95 Å². The van der Waals surface area contributed by atoms with Crippen LogP contribution in [0.2, 0.25) is 0 Å². The molecule has 0 N–H and O–H groups in total. The summed E-state index contributed by atoms with van der Waals surface area (Å²) < 4.78 is 5.39. The molecule has 0 radical (unpaired) electrons. The van der Waals surface area contributed by atoms with Gasteiger partial charge in [0.05, 0.1) is 0 Å². The summed E-state index contributed by atoms with van der Waals surface area (Å²) in [5.41, 5.74) is 0.923. The first-order valence-corrected chi connectivity index (χ1v) is 9.24. The van der Waals surface area contributed by atoms with Gasteiger partial charge in [0.1, 0.15) is 0 Å². The monoisotopic (exact) mass is 340 g/mol. The number of nitrogens with zero attached hydrogens (tertiary/aromatic N) is 4. The van der Waals surface area contributed by atoms with Crippen molar-refractivity contribution in [3.05, 3.63) is 30.3 Å². The van der Waals surface area contributed by atoms with E-state index in [2.05, 4.69) is 15.0 Å². The van der Waals surface area contributed by atoms with E-state index in [0.717, 1.165) is 44.6 Å². The van der Waals surface area contributed by atoms with Crippen molar-refractivity contribution >= 4 is 11.9 Å². The van der Waals surface area contributed by atoms with Crippen molar-refractivity contribution in [1.82, 2.24) is 15.0 Å². The molecule has 132 valence electrons. The van der Waals surface area contributed by atoms with Crippen LogP contribution in [0, 0.1) is 5.92 Å². The second-order valence-corrected chi connectivity index (χ2v) is 6.91. The first kappa shape index (κ1) is 16.1. The molecule has 1 aliphatic heterocycles. The lowest BCUT2D eigenvalue weighted by Crippen LogP contribution is -2.50. The molecule has 1 aromatic heterocycles. The highest BCUT2D eigenvalue weighted by molar-refractivity contribution is 5.79. The minimum Gasteiger partial charge on any atom is -0.339 e. The zero-order valence-electron chi connectivity index (χ0n) is 14.4. The Kier molecular flexibility index (Phi) is 4.68. The molecule has 2 fully saturated rings. The summed E-state index contributed by atoms with van der Waals surface area (Å²) in [6, 6.07) is 9.78. The number of anilines is 1. The smallest absolute Gasteiger partial charge is 0.266 e. The van der Waals surface area contributed by atoms with Crippen molar-refractivity contribution < 1.29 is 9.32 Å². The van der Waals surface area contributed by atoms with Gasteiger partial charge in [-0.2, -0.15) is 4.98 Å². The summed E-state index contributed by atoms with van der Waals surface area (Å²) in [5.74, 6) is 1.74. The van der Waals surface area contributed by atoms with Crippen LogP contribution in [0.5, 0.6) is 0 Å². The largest absolute Gasteiger partial charge is 0.339 e. The maximum Gasteiger partial charge on any atom is 0.266 e. The van der Waals surface area contributed by atoms with Crippen LogP contribution >= 0.6 is 0 Å². The van der Waals surface area contributed by atoms with E-state index in [4.69, 9.17) is 4.52 Å². The summed E-state index contributed by atoms with van der Waals surface area (Å²) in [6.45, 7) is 2.99. The van der Waals surface area contributed by atoms with Gasteiger partial charge in [-0.05, 0) is 30.1 Å². The van der Waals surface area contributed by atoms with Gasteiger partial charge in [-0.15, -0.1) is 0 Å². The van der Waals surface area contributed by atoms with Gasteiger partial charge >= 0.3 is 0 Å². The maximum absolute atomic E-state index is 12.6. The zero-order chi connectivity index (χ0) is 17.1. The fourth-order valence-corrected chi connectivity index (χ4v) is 3.78. The van der Waals surface area contributed by atoms with Crippen LogP contribution in [-0.4, -0.2) is 47.1 Å². The van der Waals surface area contributed by atoms with Gasteiger partial charge < -0.3 is 14.3 Å². The third-order valence-electron chi connectivity index (χ3n) is 5.26. The molecule has 4 rings (SSSR count). The average molecular weight is 340 g/mol. The molecule has 1 saturated carbocycles. The van der Waals surface area contributed by atoms with E-state index >= 15 is 0 Å². The highest BCUT2D eigenvalue weighted by Crippen LogP contribution is 2.26. The Bertz CT molecular complexity index is 701. The summed E-state index contributed by atoms with van der Waals surface area (Å²) in [4.78, 5) is 21.3. The van der Waals surface area contributed by atoms with Gasteiger partial charge in [-0.3, -0.25) is 4.79 Å². The zero-order valence-corrected chi connectivity index (χ0v) is 14.4. The van der Waals surface area contributed by atoms with E-state index < -0.39 is 0 Å². The highest BCUT2D eigenvalue weighted by atomic mass is 16.5. The van der Waals surface area contributed by atoms with E-state index in [0.29, 0.717) is 17.7 Å². The van der Waals surface area contributed by atoms with Gasteiger partial charge in [0.15, 0.2) is 0 Å². The topological polar surface area (TPSA) is 62.5 Å². The third kappa shape index (κ3) is 3.52. The van der Waals surface area contributed by atoms with Crippen molar-refractivity contribution in [2.75, 3.05) is 31.1 Å². The Balaban J connectivity index is 1.36. The second kappa shape index (κ2) is 7.25. The van der Waals surface area contributed by atoms with Crippen molar-refractivity contribution in [2.45, 2.75) is 32.1 Å². The molecule has 1 aliphatic carbocycles. The minimum absolute atomic E-state index is 0.246. The quantitative estimate of drug-likeness (QED) is 0.859. The van der Waals surface area contributed by atoms with E-state index in [-0.39, 0.29) is 5.92 Å². The van der Waals surface area contributed by atoms with Gasteiger partial charge in [-0.25, -0.2) is 0 Å². The molecule has 0 spiro atoms. The molecule has 6 nitrogen and oxygen atoms in total. The SMILES string of the molecule is O=C(C1CCCCC1)N1CCN(c2noc(-c3ccccc3)n2)CC1. The Hall–Kier alpha value is -2.37. The number of hydrogen-bond donors (Lipinski definition) is 0. The minimum atomic E-state index is 0.246. The van der Waals surface area contributed by atoms with E-state index in [1.54, 1.807) is 0 Å². The molecular formula is C19H24N4O2. The number of amides is 1. The van der Waals surface area contributed by atoms with Crippen LogP contribution in [0.1, 0.15) is 32.1 Å². The number of rotatable bonds is 3. The molecule has 6 heteroatoms. The highest BCUT2D eigenvalue weighted by Gasteiger charge is 2.29. The van der Waals surface area contributed by atoms with Gasteiger partial charge in [0.25, 0.3) is 11.8 Å². The number of piperazine rings is 1. The molecule has 0 bridgehead atoms. The Morgan fingerprint density at radius 3 is 2.44 bits per heavy atom. The first-order chi connectivity index (χ1) is 12.3. The predicted octanol–water partition coefficient (Wildman–Crippen LogP) is 2.97. The Morgan fingerprint density at radius 1 is 1.00 bits per heavy atom. The van der Waals surface area contributed by atoms with Crippen LogP contribution in [0.25, 0.3) is 11.5 Å². The number of benzene rings is 1. The molecule has 2 heterocycles. The predicted molar refractivity (Wildman–Crippen MR) is 95.1 cm³/mol. The fourth-order valence-electron chi connectivity index (χ4n) is 3.78. The number of aromatic nitrogens is 2. The van der Waals surface area contributed by atoms with Crippen molar-refractivity contribution in [3.8, 4) is 11.5 Å². The van der Waals surface area contributed by atoms with Gasteiger partial charge in [0.2, 0.25) is 5.91 Å². The lowest BCUT2D eigenvalue weighted by Gasteiger charge is -2.36. The molecule has 2 aliphatic rings. The summed E-state index contributed by atoms with van der Waals surface area (Å²) >= 11 is 0. The fraction of sp³-hybridized carbons (Fsp3) is 0.526. The first-order valence-electron chi connectivity index (χ1n) is 9.24. The molecule has 2 aromatic rings. The van der Waals surface area contributed by atoms with Crippen LogP contribution in [-0.2, 0) is 4.79 Å². The second-order valence-electron chi connectivity index (χ2n) is 6.91. The molecule has 0 unspecified atom stereocenters. The van der Waals surface area contributed by atoms with E-state index in [1.807, 2.05) is 35.2 Å². The number of hydrogen-bond acceptors (Lipinski definition) is 5. The molecule has 0 atom stereocenters. The normalized spacial score (nSPS) is 19.2. The van der Waals surface area contributed by atoms with Crippen LogP contribution in [0.3, 0.4) is 0 Å². The lowest BCUT2D eigenvalue weighted by atomic mass is 9.88. The van der Waals surface area contributed by atoms with Crippen LogP contribution in [0.15, 0.2) is 34.9 Å². The Labute approximate surface area is 147 Å². The third-order valence-corrected chi connectivity index (χ3v) is 5.26. The average Bonchev–Trinajstić information content (AvgIpc) is 3.19. The summed E-state index contributed by atoms with van der Waals surface area (Å²) in [6.07, 6.45) is 5.79. The van der Waals surface area contributed by atoms with Gasteiger partial charge in [-0.1, -0.05) is 37.5 Å². The van der Waals surface area contributed by atoms with E-state index in [9.17, 15) is 4.79 Å². The Morgan fingerprint density at radius 2 is 1.72 bits per heavy atom. The van der Waals surface area contributed by atoms with Crippen molar-refractivity contribution in [3.63, 3.8) is 0 Å². The van der Waals surface area contributed by atoms with Crippen molar-refractivity contribution in [2.24, 2.45) is 5.92 Å². The molecule has 1 saturated heterocycles. The van der Waals surface area contributed by atoms with E-state index in [1.165, 1.54) is 19.3 Å². The number of carbonyl (C=O) groups is 1. The number of carbonyl (C=O) groups excluding carboxylic acids is 1. The summed E-state index contributed by atoms with van der Waals surface area (Å²) in [7, 11) is 0. The lowest BCUT2D eigenvalue weighted by molar-refractivity contribution is -0.136. The molecule has 1 amide bonds. The standard InChI is InChI=1S/C19H24N4O2/c24-18(16-9-5-2-6-10-16)22-11-13-23(14-12-22)19-20-17(25-21-19)15-7-3-1-4-8-15/h1,3-4,7-8,16H,2,5-6,9-14H2. The molecule has 1 aromatic carbocycles. The molecular weight excluding hydrogens is 316 g/mol. The van der Waals surface area contributed by atoms with Crippen LogP contribution < -0.4 is 4.90 Å². The van der Waals surface area contributed by atoms with Crippen molar-refractivity contribution in [1.29, 1.82) is 0 Å². The molecule has 25 heavy (non-hydrogen) atoms. The summed E-state index contributed by atoms with van der Waals surface area (Å²) in [5, 5.41) is 4.11.